The van der Waals surface area contributed by atoms with Crippen molar-refractivity contribution in [1.82, 2.24) is 20.1 Å². The Morgan fingerprint density at radius 2 is 1.93 bits per heavy atom. The van der Waals surface area contributed by atoms with Crippen LogP contribution in [-0.2, 0) is 15.8 Å². The lowest BCUT2D eigenvalue weighted by molar-refractivity contribution is -0.138. The van der Waals surface area contributed by atoms with Gasteiger partial charge in [-0.2, -0.15) is 13.2 Å². The number of hydrogen-bond donors (Lipinski definition) is 2. The molecule has 0 saturated carbocycles. The molecule has 1 aromatic heterocycles. The summed E-state index contributed by atoms with van der Waals surface area (Å²) >= 11 is 0. The second kappa shape index (κ2) is 12.5. The molecule has 2 atom stereocenters. The molecule has 1 saturated heterocycles. The lowest BCUT2D eigenvalue weighted by Crippen LogP contribution is -2.62. The standard InChI is InChI=1S/C29H31F4N5O6/c1-4-5-19-14-28(2,38(27(43)36(3)16-39)18-7-9-22-23(13-18)44-26(42)35-22)10-11-37(19)24(40)15-34-25(41)20-12-17(29(31,32)33)6-8-21(20)30/h6-9,12-13,16,19H,4-5,10-11,14-15H2,1-3H3,(H,34,41)(H,35,42). The number of imide groups is 1. The number of oxazole rings is 1. The molecule has 0 aliphatic carbocycles. The van der Waals surface area contributed by atoms with E-state index in [-0.39, 0.29) is 25.0 Å². The van der Waals surface area contributed by atoms with Crippen LogP contribution in [0.1, 0.15) is 55.5 Å². The molecule has 5 amide bonds. The van der Waals surface area contributed by atoms with Crippen LogP contribution in [0.3, 0.4) is 0 Å². The number of amides is 5. The minimum absolute atomic E-state index is 0.129. The van der Waals surface area contributed by atoms with E-state index in [1.54, 1.807) is 12.1 Å². The maximum Gasteiger partial charge on any atom is 0.417 e. The van der Waals surface area contributed by atoms with Crippen LogP contribution in [0, 0.1) is 5.82 Å². The minimum Gasteiger partial charge on any atom is -0.408 e. The number of rotatable bonds is 8. The Bertz CT molecular complexity index is 1640. The van der Waals surface area contributed by atoms with Gasteiger partial charge in [-0.25, -0.2) is 14.0 Å². The van der Waals surface area contributed by atoms with Crippen molar-refractivity contribution in [3.63, 3.8) is 0 Å². The third-order valence-corrected chi connectivity index (χ3v) is 7.74. The zero-order valence-electron chi connectivity index (χ0n) is 24.2. The first-order valence-corrected chi connectivity index (χ1v) is 13.8. The van der Waals surface area contributed by atoms with Crippen molar-refractivity contribution in [1.29, 1.82) is 0 Å². The van der Waals surface area contributed by atoms with Gasteiger partial charge in [0.1, 0.15) is 5.82 Å². The zero-order valence-corrected chi connectivity index (χ0v) is 24.2. The van der Waals surface area contributed by atoms with E-state index in [1.807, 2.05) is 13.8 Å². The molecule has 2 heterocycles. The van der Waals surface area contributed by atoms with Crippen LogP contribution in [-0.4, -0.2) is 70.8 Å². The van der Waals surface area contributed by atoms with Crippen molar-refractivity contribution in [3.8, 4) is 0 Å². The van der Waals surface area contributed by atoms with Crippen molar-refractivity contribution in [2.24, 2.45) is 0 Å². The average molecular weight is 622 g/mol. The Morgan fingerprint density at radius 3 is 2.59 bits per heavy atom. The Labute approximate surface area is 248 Å². The van der Waals surface area contributed by atoms with E-state index < -0.39 is 64.8 Å². The molecular weight excluding hydrogens is 590 g/mol. The van der Waals surface area contributed by atoms with Gasteiger partial charge in [0.15, 0.2) is 5.58 Å². The van der Waals surface area contributed by atoms with Crippen LogP contribution in [0.5, 0.6) is 0 Å². The summed E-state index contributed by atoms with van der Waals surface area (Å²) in [4.78, 5) is 69.0. The molecule has 15 heteroatoms. The molecule has 11 nitrogen and oxygen atoms in total. The van der Waals surface area contributed by atoms with Crippen LogP contribution in [0.2, 0.25) is 0 Å². The van der Waals surface area contributed by atoms with E-state index in [4.69, 9.17) is 4.42 Å². The van der Waals surface area contributed by atoms with Gasteiger partial charge < -0.3 is 14.6 Å². The van der Waals surface area contributed by atoms with Crippen molar-refractivity contribution in [3.05, 3.63) is 63.9 Å². The summed E-state index contributed by atoms with van der Waals surface area (Å²) in [5, 5.41) is 2.22. The number of aromatic nitrogens is 1. The predicted octanol–water partition coefficient (Wildman–Crippen LogP) is 4.27. The highest BCUT2D eigenvalue weighted by Crippen LogP contribution is 2.38. The maximum absolute atomic E-state index is 14.2. The SMILES string of the molecule is CCCC1CC(C)(N(C(=O)N(C)C=O)c2ccc3[nH]c(=O)oc3c2)CCN1C(=O)CNC(=O)c1cc(C(F)(F)F)ccc1F. The Morgan fingerprint density at radius 1 is 1.20 bits per heavy atom. The van der Waals surface area contributed by atoms with Gasteiger partial charge >= 0.3 is 18.0 Å². The zero-order chi connectivity index (χ0) is 32.4. The van der Waals surface area contributed by atoms with Gasteiger partial charge in [-0.3, -0.25) is 29.2 Å². The number of hydrogen-bond acceptors (Lipinski definition) is 6. The van der Waals surface area contributed by atoms with Crippen molar-refractivity contribution in [2.45, 2.75) is 57.3 Å². The van der Waals surface area contributed by atoms with E-state index >= 15 is 0 Å². The molecule has 2 aromatic carbocycles. The summed E-state index contributed by atoms with van der Waals surface area (Å²) in [7, 11) is 1.30. The third-order valence-electron chi connectivity index (χ3n) is 7.74. The molecule has 0 spiro atoms. The number of urea groups is 1. The Balaban J connectivity index is 1.56. The van der Waals surface area contributed by atoms with Gasteiger partial charge in [-0.15, -0.1) is 0 Å². The summed E-state index contributed by atoms with van der Waals surface area (Å²) in [6.07, 6.45) is -2.77. The third kappa shape index (κ3) is 6.60. The number of H-pyrrole nitrogens is 1. The van der Waals surface area contributed by atoms with Crippen LogP contribution < -0.4 is 16.0 Å². The number of alkyl halides is 3. The van der Waals surface area contributed by atoms with Crippen LogP contribution in [0.15, 0.2) is 45.6 Å². The second-order valence-corrected chi connectivity index (χ2v) is 10.9. The van der Waals surface area contributed by atoms with Crippen molar-refractivity contribution >= 4 is 41.0 Å². The molecule has 236 valence electrons. The molecule has 0 bridgehead atoms. The molecule has 0 radical (unpaired) electrons. The highest BCUT2D eigenvalue weighted by molar-refractivity contribution is 6.00. The fourth-order valence-electron chi connectivity index (χ4n) is 5.54. The van der Waals surface area contributed by atoms with Crippen LogP contribution >= 0.6 is 0 Å². The smallest absolute Gasteiger partial charge is 0.408 e. The number of aromatic amines is 1. The molecule has 1 aliphatic heterocycles. The maximum atomic E-state index is 14.2. The number of likely N-dealkylation sites (tertiary alicyclic amines) is 1. The number of benzene rings is 2. The number of nitrogens with one attached hydrogen (secondary N) is 2. The lowest BCUT2D eigenvalue weighted by atomic mass is 9.81. The number of halogens is 4. The van der Waals surface area contributed by atoms with Crippen molar-refractivity contribution in [2.75, 3.05) is 25.0 Å². The molecule has 4 rings (SSSR count). The molecular formula is C29H31F4N5O6. The highest BCUT2D eigenvalue weighted by Gasteiger charge is 2.45. The summed E-state index contributed by atoms with van der Waals surface area (Å²) in [5.41, 5.74) is -2.00. The molecule has 2 unspecified atom stereocenters. The first-order valence-electron chi connectivity index (χ1n) is 13.8. The number of fused-ring (bicyclic) bond motifs is 1. The van der Waals surface area contributed by atoms with Gasteiger partial charge in [-0.05, 0) is 56.5 Å². The fraction of sp³-hybridized carbons (Fsp3) is 0.414. The van der Waals surface area contributed by atoms with Crippen LogP contribution in [0.4, 0.5) is 28.0 Å². The van der Waals surface area contributed by atoms with Crippen LogP contribution in [0.25, 0.3) is 11.1 Å². The van der Waals surface area contributed by atoms with Crippen molar-refractivity contribution < 1.29 is 41.2 Å². The molecule has 1 aliphatic rings. The fourth-order valence-corrected chi connectivity index (χ4v) is 5.54. The Hall–Kier alpha value is -4.69. The quantitative estimate of drug-likeness (QED) is 0.285. The van der Waals surface area contributed by atoms with Gasteiger partial charge in [-0.1, -0.05) is 13.3 Å². The lowest BCUT2D eigenvalue weighted by Gasteiger charge is -2.50. The summed E-state index contributed by atoms with van der Waals surface area (Å²) in [6.45, 7) is 3.25. The summed E-state index contributed by atoms with van der Waals surface area (Å²) in [5.74, 6) is -3.55. The van der Waals surface area contributed by atoms with Gasteiger partial charge in [0.25, 0.3) is 5.91 Å². The second-order valence-electron chi connectivity index (χ2n) is 10.9. The van der Waals surface area contributed by atoms with E-state index in [0.717, 1.165) is 4.90 Å². The Kier molecular flexibility index (Phi) is 9.16. The van der Waals surface area contributed by atoms with E-state index in [0.29, 0.717) is 48.7 Å². The van der Waals surface area contributed by atoms with Gasteiger partial charge in [0.05, 0.1) is 28.7 Å². The number of anilines is 1. The van der Waals surface area contributed by atoms with E-state index in [1.165, 1.54) is 22.9 Å². The average Bonchev–Trinajstić information content (AvgIpc) is 3.34. The molecule has 2 N–H and O–H groups in total. The van der Waals surface area contributed by atoms with E-state index in [9.17, 15) is 41.5 Å². The number of carbonyl (C=O) groups excluding carboxylic acids is 4. The number of carbonyl (C=O) groups is 4. The normalized spacial score (nSPS) is 18.6. The molecule has 3 aromatic rings. The first-order chi connectivity index (χ1) is 20.7. The first kappa shape index (κ1) is 32.2. The monoisotopic (exact) mass is 621 g/mol. The topological polar surface area (TPSA) is 136 Å². The molecule has 44 heavy (non-hydrogen) atoms. The summed E-state index contributed by atoms with van der Waals surface area (Å²) < 4.78 is 58.6. The molecule has 1 fully saturated rings. The largest absolute Gasteiger partial charge is 0.417 e. The van der Waals surface area contributed by atoms with Gasteiger partial charge in [0, 0.05) is 31.4 Å². The number of piperidine rings is 1. The highest BCUT2D eigenvalue weighted by atomic mass is 19.4. The minimum atomic E-state index is -4.79. The van der Waals surface area contributed by atoms with Gasteiger partial charge in [0.2, 0.25) is 12.3 Å². The van der Waals surface area contributed by atoms with E-state index in [2.05, 4.69) is 10.3 Å². The number of nitrogens with zero attached hydrogens (tertiary/aromatic N) is 3. The predicted molar refractivity (Wildman–Crippen MR) is 150 cm³/mol. The summed E-state index contributed by atoms with van der Waals surface area (Å²) in [6, 6.07) is 5.04.